The summed E-state index contributed by atoms with van der Waals surface area (Å²) in [5, 5.41) is 7.50. The van der Waals surface area contributed by atoms with Crippen molar-refractivity contribution < 1.29 is 9.32 Å². The van der Waals surface area contributed by atoms with Gasteiger partial charge in [-0.3, -0.25) is 14.2 Å². The standard InChI is InChI=1S/C22H23N7O3S/c1-12(14-8-5-4-6-9-14)23-18(30)15-10-7-11-29(15)22-25-16-20(33-22)26-17(28(3)21(16)31)19-24-13(2)27-32-19/h4-6,8-9,12,15H,7,10-11H2,1-3H3,(H,23,30)/t12-,15?/m1/s1. The molecule has 1 aromatic carbocycles. The summed E-state index contributed by atoms with van der Waals surface area (Å²) in [7, 11) is 1.60. The van der Waals surface area contributed by atoms with Gasteiger partial charge in [0.2, 0.25) is 11.7 Å². The number of amides is 1. The number of carbonyl (C=O) groups is 1. The number of anilines is 1. The Hall–Kier alpha value is -3.60. The topological polar surface area (TPSA) is 119 Å². The third kappa shape index (κ3) is 3.88. The van der Waals surface area contributed by atoms with Crippen molar-refractivity contribution in [2.24, 2.45) is 7.05 Å². The van der Waals surface area contributed by atoms with Crippen LogP contribution in [0.15, 0.2) is 39.6 Å². The fourth-order valence-electron chi connectivity index (χ4n) is 4.05. The third-order valence-corrected chi connectivity index (χ3v) is 6.80. The lowest BCUT2D eigenvalue weighted by molar-refractivity contribution is -0.122. The van der Waals surface area contributed by atoms with Crippen LogP contribution in [0.25, 0.3) is 22.1 Å². The number of carbonyl (C=O) groups excluding carboxylic acids is 1. The highest BCUT2D eigenvalue weighted by Gasteiger charge is 2.34. The normalized spacial score (nSPS) is 16.9. The fraction of sp³-hybridized carbons (Fsp3) is 0.364. The van der Waals surface area contributed by atoms with Crippen LogP contribution >= 0.6 is 11.3 Å². The molecule has 1 fully saturated rings. The van der Waals surface area contributed by atoms with Gasteiger partial charge in [-0.15, -0.1) is 0 Å². The highest BCUT2D eigenvalue weighted by Crippen LogP contribution is 2.32. The second-order valence-electron chi connectivity index (χ2n) is 8.09. The van der Waals surface area contributed by atoms with Crippen LogP contribution in [0.3, 0.4) is 0 Å². The Bertz CT molecular complexity index is 1380. The van der Waals surface area contributed by atoms with Crippen LogP contribution in [0.2, 0.25) is 0 Å². The molecule has 4 aromatic rings. The molecule has 0 spiro atoms. The van der Waals surface area contributed by atoms with Crippen molar-refractivity contribution in [3.05, 3.63) is 52.1 Å². The molecule has 3 aromatic heterocycles. The Morgan fingerprint density at radius 2 is 2.03 bits per heavy atom. The number of aryl methyl sites for hydroxylation is 1. The smallest absolute Gasteiger partial charge is 0.294 e. The first-order valence-corrected chi connectivity index (χ1v) is 11.5. The minimum absolute atomic E-state index is 0.0500. The number of hydrogen-bond acceptors (Lipinski definition) is 9. The first-order chi connectivity index (χ1) is 15.9. The van der Waals surface area contributed by atoms with Gasteiger partial charge in [0, 0.05) is 13.6 Å². The number of hydrogen-bond donors (Lipinski definition) is 1. The van der Waals surface area contributed by atoms with E-state index >= 15 is 0 Å². The first kappa shape index (κ1) is 21.3. The molecule has 0 bridgehead atoms. The van der Waals surface area contributed by atoms with Crippen molar-refractivity contribution in [2.75, 3.05) is 11.4 Å². The largest absolute Gasteiger partial charge is 0.348 e. The number of aromatic nitrogens is 5. The zero-order chi connectivity index (χ0) is 23.1. The van der Waals surface area contributed by atoms with Gasteiger partial charge in [-0.2, -0.15) is 4.98 Å². The van der Waals surface area contributed by atoms with Crippen LogP contribution < -0.4 is 15.8 Å². The predicted octanol–water partition coefficient (Wildman–Crippen LogP) is 2.59. The lowest BCUT2D eigenvalue weighted by Crippen LogP contribution is -2.44. The Morgan fingerprint density at radius 3 is 2.76 bits per heavy atom. The molecule has 170 valence electrons. The highest BCUT2D eigenvalue weighted by molar-refractivity contribution is 7.21. The van der Waals surface area contributed by atoms with E-state index in [9.17, 15) is 9.59 Å². The van der Waals surface area contributed by atoms with E-state index in [4.69, 9.17) is 4.52 Å². The second kappa shape index (κ2) is 8.39. The predicted molar refractivity (Wildman–Crippen MR) is 124 cm³/mol. The summed E-state index contributed by atoms with van der Waals surface area (Å²) in [6.45, 7) is 4.36. The van der Waals surface area contributed by atoms with Gasteiger partial charge < -0.3 is 14.7 Å². The van der Waals surface area contributed by atoms with Gasteiger partial charge in [-0.05, 0) is 32.3 Å². The lowest BCUT2D eigenvalue weighted by Gasteiger charge is -2.25. The minimum Gasteiger partial charge on any atom is -0.348 e. The summed E-state index contributed by atoms with van der Waals surface area (Å²) in [6.07, 6.45) is 1.59. The van der Waals surface area contributed by atoms with Crippen molar-refractivity contribution in [3.63, 3.8) is 0 Å². The number of benzene rings is 1. The molecule has 1 amide bonds. The summed E-state index contributed by atoms with van der Waals surface area (Å²) in [5.41, 5.74) is 1.01. The molecule has 33 heavy (non-hydrogen) atoms. The summed E-state index contributed by atoms with van der Waals surface area (Å²) < 4.78 is 6.56. The molecule has 5 rings (SSSR count). The molecule has 2 atom stereocenters. The van der Waals surface area contributed by atoms with Gasteiger partial charge in [0.15, 0.2) is 21.3 Å². The quantitative estimate of drug-likeness (QED) is 0.478. The van der Waals surface area contributed by atoms with E-state index in [1.54, 1.807) is 14.0 Å². The number of nitrogens with one attached hydrogen (secondary N) is 1. The Labute approximate surface area is 193 Å². The van der Waals surface area contributed by atoms with Crippen molar-refractivity contribution in [3.8, 4) is 11.7 Å². The van der Waals surface area contributed by atoms with Crippen LogP contribution in [-0.2, 0) is 11.8 Å². The number of nitrogens with zero attached hydrogens (tertiary/aromatic N) is 6. The summed E-state index contributed by atoms with van der Waals surface area (Å²) in [5.74, 6) is 0.874. The van der Waals surface area contributed by atoms with Gasteiger partial charge in [0.05, 0.1) is 6.04 Å². The highest BCUT2D eigenvalue weighted by atomic mass is 32.1. The average Bonchev–Trinajstić information content (AvgIpc) is 3.55. The molecule has 0 radical (unpaired) electrons. The van der Waals surface area contributed by atoms with Crippen LogP contribution in [0.4, 0.5) is 5.13 Å². The fourth-order valence-corrected chi connectivity index (χ4v) is 5.05. The van der Waals surface area contributed by atoms with E-state index in [1.165, 1.54) is 15.9 Å². The van der Waals surface area contributed by atoms with Gasteiger partial charge >= 0.3 is 0 Å². The molecule has 0 saturated carbocycles. The SMILES string of the molecule is Cc1noc(-c2nc3sc(N4CCCC4C(=O)N[C@H](C)c4ccccc4)nc3c(=O)n2C)n1. The first-order valence-electron chi connectivity index (χ1n) is 10.7. The Kier molecular flexibility index (Phi) is 5.41. The van der Waals surface area contributed by atoms with Crippen molar-refractivity contribution in [1.29, 1.82) is 0 Å². The van der Waals surface area contributed by atoms with Crippen molar-refractivity contribution in [2.45, 2.75) is 38.8 Å². The molecule has 1 aliphatic heterocycles. The minimum atomic E-state index is -0.348. The third-order valence-electron chi connectivity index (χ3n) is 5.81. The van der Waals surface area contributed by atoms with Crippen molar-refractivity contribution >= 4 is 32.7 Å². The molecular formula is C22H23N7O3S. The maximum Gasteiger partial charge on any atom is 0.294 e. The van der Waals surface area contributed by atoms with E-state index in [1.807, 2.05) is 42.2 Å². The van der Waals surface area contributed by atoms with Crippen LogP contribution in [0, 0.1) is 6.92 Å². The molecule has 11 heteroatoms. The van der Waals surface area contributed by atoms with Gasteiger partial charge in [-0.1, -0.05) is 46.8 Å². The van der Waals surface area contributed by atoms with Crippen LogP contribution in [0.1, 0.15) is 37.2 Å². The van der Waals surface area contributed by atoms with E-state index in [0.29, 0.717) is 22.3 Å². The van der Waals surface area contributed by atoms with Gasteiger partial charge in [-0.25, -0.2) is 9.97 Å². The molecule has 10 nitrogen and oxygen atoms in total. The Morgan fingerprint density at radius 1 is 1.24 bits per heavy atom. The molecule has 0 aliphatic carbocycles. The van der Waals surface area contributed by atoms with E-state index in [-0.39, 0.29) is 40.8 Å². The summed E-state index contributed by atoms with van der Waals surface area (Å²) >= 11 is 1.29. The average molecular weight is 466 g/mol. The zero-order valence-electron chi connectivity index (χ0n) is 18.5. The van der Waals surface area contributed by atoms with Gasteiger partial charge in [0.1, 0.15) is 6.04 Å². The van der Waals surface area contributed by atoms with E-state index < -0.39 is 0 Å². The number of rotatable bonds is 5. The monoisotopic (exact) mass is 465 g/mol. The molecule has 1 N–H and O–H groups in total. The van der Waals surface area contributed by atoms with Gasteiger partial charge in [0.25, 0.3) is 11.4 Å². The van der Waals surface area contributed by atoms with Crippen molar-refractivity contribution in [1.82, 2.24) is 30.0 Å². The van der Waals surface area contributed by atoms with Crippen LogP contribution in [-0.4, -0.2) is 43.2 Å². The summed E-state index contributed by atoms with van der Waals surface area (Å²) in [6, 6.07) is 9.40. The molecule has 1 unspecified atom stereocenters. The number of thiazole rings is 1. The zero-order valence-corrected chi connectivity index (χ0v) is 19.3. The molecule has 4 heterocycles. The lowest BCUT2D eigenvalue weighted by atomic mass is 10.1. The van der Waals surface area contributed by atoms with Crippen LogP contribution in [0.5, 0.6) is 0 Å². The maximum atomic E-state index is 13.1. The molecule has 1 aliphatic rings. The van der Waals surface area contributed by atoms with E-state index in [0.717, 1.165) is 18.4 Å². The molecular weight excluding hydrogens is 442 g/mol. The summed E-state index contributed by atoms with van der Waals surface area (Å²) in [4.78, 5) is 41.8. The molecule has 1 saturated heterocycles. The van der Waals surface area contributed by atoms with E-state index in [2.05, 4.69) is 25.4 Å². The number of fused-ring (bicyclic) bond motifs is 1. The Balaban J connectivity index is 1.44. The second-order valence-corrected chi connectivity index (χ2v) is 9.04. The maximum absolute atomic E-state index is 13.1.